The van der Waals surface area contributed by atoms with Crippen molar-refractivity contribution < 1.29 is 9.47 Å². The minimum Gasteiger partial charge on any atom is -0.379 e. The molecule has 0 spiro atoms. The second-order valence-corrected chi connectivity index (χ2v) is 2.55. The Morgan fingerprint density at radius 2 is 2.50 bits per heavy atom. The average Bonchev–Trinajstić information content (AvgIpc) is 2.05. The molecule has 3 nitrogen and oxygen atoms in total. The van der Waals surface area contributed by atoms with Crippen molar-refractivity contribution in [2.75, 3.05) is 26.8 Å². The number of rotatable bonds is 2. The first-order chi connectivity index (χ1) is 4.84. The predicted molar refractivity (Wildman–Crippen MR) is 39.1 cm³/mol. The molecule has 1 fully saturated rings. The Balaban J connectivity index is 2.24. The van der Waals surface area contributed by atoms with Gasteiger partial charge in [0.25, 0.3) is 0 Å². The zero-order chi connectivity index (χ0) is 7.40. The largest absolute Gasteiger partial charge is 0.379 e. The van der Waals surface area contributed by atoms with E-state index in [1.54, 1.807) is 7.11 Å². The molecule has 3 heteroatoms. The summed E-state index contributed by atoms with van der Waals surface area (Å²) >= 11 is 0. The first-order valence-corrected chi connectivity index (χ1v) is 3.69. The monoisotopic (exact) mass is 145 g/mol. The number of morpholine rings is 1. The fourth-order valence-electron chi connectivity index (χ4n) is 1.04. The molecule has 0 radical (unpaired) electrons. The third-order valence-electron chi connectivity index (χ3n) is 1.85. The summed E-state index contributed by atoms with van der Waals surface area (Å²) < 4.78 is 10.6. The van der Waals surface area contributed by atoms with Crippen LogP contribution in [-0.4, -0.2) is 39.0 Å². The van der Waals surface area contributed by atoms with Gasteiger partial charge in [0.1, 0.15) is 0 Å². The van der Waals surface area contributed by atoms with E-state index in [9.17, 15) is 0 Å². The fraction of sp³-hybridized carbons (Fsp3) is 1.00. The van der Waals surface area contributed by atoms with E-state index in [4.69, 9.17) is 9.47 Å². The summed E-state index contributed by atoms with van der Waals surface area (Å²) in [4.78, 5) is 0. The molecule has 1 heterocycles. The molecule has 1 saturated heterocycles. The Labute approximate surface area is 61.7 Å². The molecular formula is C7H15NO2. The van der Waals surface area contributed by atoms with Gasteiger partial charge in [0.2, 0.25) is 0 Å². The zero-order valence-electron chi connectivity index (χ0n) is 6.59. The summed E-state index contributed by atoms with van der Waals surface area (Å²) in [5.74, 6) is 0. The van der Waals surface area contributed by atoms with Crippen LogP contribution in [0.15, 0.2) is 0 Å². The van der Waals surface area contributed by atoms with Gasteiger partial charge in [0.05, 0.1) is 18.8 Å². The summed E-state index contributed by atoms with van der Waals surface area (Å²) in [6, 6.07) is 0. The van der Waals surface area contributed by atoms with Gasteiger partial charge >= 0.3 is 0 Å². The molecule has 1 rings (SSSR count). The molecule has 0 aliphatic carbocycles. The van der Waals surface area contributed by atoms with Crippen LogP contribution in [0.3, 0.4) is 0 Å². The SMILES string of the molecule is CO[C@@H](C)[C@@H]1CNCCO1. The second-order valence-electron chi connectivity index (χ2n) is 2.55. The quantitative estimate of drug-likeness (QED) is 0.593. The van der Waals surface area contributed by atoms with E-state index in [0.29, 0.717) is 0 Å². The molecule has 0 aromatic rings. The molecule has 0 aromatic heterocycles. The highest BCUT2D eigenvalue weighted by atomic mass is 16.5. The van der Waals surface area contributed by atoms with E-state index in [0.717, 1.165) is 19.7 Å². The van der Waals surface area contributed by atoms with Crippen molar-refractivity contribution in [3.63, 3.8) is 0 Å². The van der Waals surface area contributed by atoms with Gasteiger partial charge < -0.3 is 14.8 Å². The molecule has 1 aliphatic rings. The van der Waals surface area contributed by atoms with E-state index >= 15 is 0 Å². The van der Waals surface area contributed by atoms with Crippen LogP contribution < -0.4 is 5.32 Å². The smallest absolute Gasteiger partial charge is 0.0958 e. The summed E-state index contributed by atoms with van der Waals surface area (Å²) in [5.41, 5.74) is 0. The lowest BCUT2D eigenvalue weighted by Gasteiger charge is -2.27. The molecule has 1 N–H and O–H groups in total. The molecule has 0 bridgehead atoms. The van der Waals surface area contributed by atoms with Crippen molar-refractivity contribution in [2.24, 2.45) is 0 Å². The first-order valence-electron chi connectivity index (χ1n) is 3.69. The molecule has 0 aromatic carbocycles. The van der Waals surface area contributed by atoms with Crippen LogP contribution in [0, 0.1) is 0 Å². The molecule has 1 aliphatic heterocycles. The molecular weight excluding hydrogens is 130 g/mol. The highest BCUT2D eigenvalue weighted by Gasteiger charge is 2.19. The van der Waals surface area contributed by atoms with Gasteiger partial charge in [0.15, 0.2) is 0 Å². The molecule has 10 heavy (non-hydrogen) atoms. The number of ether oxygens (including phenoxy) is 2. The Bertz CT molecular complexity index is 91.6. The van der Waals surface area contributed by atoms with Crippen molar-refractivity contribution in [3.8, 4) is 0 Å². The predicted octanol–water partition coefficient (Wildman–Crippen LogP) is 0.00970. The van der Waals surface area contributed by atoms with E-state index < -0.39 is 0 Å². The lowest BCUT2D eigenvalue weighted by molar-refractivity contribution is -0.0610. The van der Waals surface area contributed by atoms with Gasteiger partial charge in [-0.15, -0.1) is 0 Å². The fourth-order valence-corrected chi connectivity index (χ4v) is 1.04. The number of nitrogens with one attached hydrogen (secondary N) is 1. The lowest BCUT2D eigenvalue weighted by Crippen LogP contribution is -2.44. The zero-order valence-corrected chi connectivity index (χ0v) is 6.59. The van der Waals surface area contributed by atoms with Crippen LogP contribution in [0.25, 0.3) is 0 Å². The van der Waals surface area contributed by atoms with E-state index in [2.05, 4.69) is 5.32 Å². The van der Waals surface area contributed by atoms with Gasteiger partial charge in [-0.05, 0) is 6.92 Å². The van der Waals surface area contributed by atoms with Gasteiger partial charge in [-0.2, -0.15) is 0 Å². The normalized spacial score (nSPS) is 30.0. The van der Waals surface area contributed by atoms with E-state index in [1.807, 2.05) is 6.92 Å². The summed E-state index contributed by atoms with van der Waals surface area (Å²) in [7, 11) is 1.71. The maximum Gasteiger partial charge on any atom is 0.0958 e. The van der Waals surface area contributed by atoms with Crippen LogP contribution in [-0.2, 0) is 9.47 Å². The Morgan fingerprint density at radius 1 is 1.70 bits per heavy atom. The maximum atomic E-state index is 5.44. The summed E-state index contributed by atoms with van der Waals surface area (Å²) in [5, 5.41) is 3.25. The van der Waals surface area contributed by atoms with Crippen LogP contribution >= 0.6 is 0 Å². The van der Waals surface area contributed by atoms with Crippen LogP contribution in [0.4, 0.5) is 0 Å². The molecule has 0 amide bonds. The molecule has 2 atom stereocenters. The third kappa shape index (κ3) is 1.94. The van der Waals surface area contributed by atoms with E-state index in [1.165, 1.54) is 0 Å². The Kier molecular flexibility index (Phi) is 3.12. The van der Waals surface area contributed by atoms with Gasteiger partial charge in [0, 0.05) is 20.2 Å². The van der Waals surface area contributed by atoms with Crippen molar-refractivity contribution in [1.29, 1.82) is 0 Å². The Morgan fingerprint density at radius 3 is 3.00 bits per heavy atom. The highest BCUT2D eigenvalue weighted by molar-refractivity contribution is 4.72. The van der Waals surface area contributed by atoms with Gasteiger partial charge in [-0.3, -0.25) is 0 Å². The van der Waals surface area contributed by atoms with Gasteiger partial charge in [-0.25, -0.2) is 0 Å². The summed E-state index contributed by atoms with van der Waals surface area (Å²) in [6.07, 6.45) is 0.437. The molecule has 60 valence electrons. The summed E-state index contributed by atoms with van der Waals surface area (Å²) in [6.45, 7) is 4.71. The Hall–Kier alpha value is -0.120. The highest BCUT2D eigenvalue weighted by Crippen LogP contribution is 2.03. The first kappa shape index (κ1) is 7.98. The van der Waals surface area contributed by atoms with E-state index in [-0.39, 0.29) is 12.2 Å². The number of hydrogen-bond acceptors (Lipinski definition) is 3. The number of hydrogen-bond donors (Lipinski definition) is 1. The minimum atomic E-state index is 0.202. The average molecular weight is 145 g/mol. The minimum absolute atomic E-state index is 0.202. The standard InChI is InChI=1S/C7H15NO2/c1-6(9-2)7-5-8-3-4-10-7/h6-8H,3-5H2,1-2H3/t6-,7-/m0/s1. The molecule has 0 saturated carbocycles. The van der Waals surface area contributed by atoms with Crippen molar-refractivity contribution in [1.82, 2.24) is 5.32 Å². The van der Waals surface area contributed by atoms with Crippen molar-refractivity contribution in [3.05, 3.63) is 0 Å². The maximum absolute atomic E-state index is 5.44. The topological polar surface area (TPSA) is 30.5 Å². The lowest BCUT2D eigenvalue weighted by atomic mass is 10.2. The van der Waals surface area contributed by atoms with Crippen LogP contribution in [0.1, 0.15) is 6.92 Å². The van der Waals surface area contributed by atoms with Crippen molar-refractivity contribution in [2.45, 2.75) is 19.1 Å². The van der Waals surface area contributed by atoms with Crippen molar-refractivity contribution >= 4 is 0 Å². The van der Waals surface area contributed by atoms with Crippen LogP contribution in [0.5, 0.6) is 0 Å². The van der Waals surface area contributed by atoms with Crippen LogP contribution in [0.2, 0.25) is 0 Å². The third-order valence-corrected chi connectivity index (χ3v) is 1.85. The number of methoxy groups -OCH3 is 1. The van der Waals surface area contributed by atoms with Gasteiger partial charge in [-0.1, -0.05) is 0 Å². The molecule has 0 unspecified atom stereocenters. The second kappa shape index (κ2) is 3.91.